The van der Waals surface area contributed by atoms with Crippen molar-refractivity contribution in [3.63, 3.8) is 0 Å². The second-order valence-electron chi connectivity index (χ2n) is 4.51. The zero-order valence-electron chi connectivity index (χ0n) is 10.2. The Bertz CT molecular complexity index is 374. The SMILES string of the molecule is O=C(CCn1cncn1)NC1(CO)CCOCC1. The number of aliphatic hydroxyl groups excluding tert-OH is 1. The molecule has 2 rings (SSSR count). The molecule has 1 amide bonds. The zero-order valence-corrected chi connectivity index (χ0v) is 10.2. The van der Waals surface area contributed by atoms with Crippen LogP contribution in [0.1, 0.15) is 19.3 Å². The Balaban J connectivity index is 1.81. The summed E-state index contributed by atoms with van der Waals surface area (Å²) >= 11 is 0. The lowest BCUT2D eigenvalue weighted by Gasteiger charge is -2.36. The fraction of sp³-hybridized carbons (Fsp3) is 0.727. The Kier molecular flexibility index (Phi) is 4.27. The molecule has 1 aromatic rings. The predicted molar refractivity (Wildman–Crippen MR) is 62.7 cm³/mol. The fourth-order valence-corrected chi connectivity index (χ4v) is 2.01. The molecular weight excluding hydrogens is 236 g/mol. The number of hydrogen-bond acceptors (Lipinski definition) is 5. The number of hydrogen-bond donors (Lipinski definition) is 2. The smallest absolute Gasteiger partial charge is 0.222 e. The van der Waals surface area contributed by atoms with Crippen LogP contribution in [0.25, 0.3) is 0 Å². The van der Waals surface area contributed by atoms with Gasteiger partial charge in [0, 0.05) is 19.6 Å². The van der Waals surface area contributed by atoms with Gasteiger partial charge >= 0.3 is 0 Å². The molecule has 0 saturated carbocycles. The largest absolute Gasteiger partial charge is 0.394 e. The van der Waals surface area contributed by atoms with Gasteiger partial charge in [-0.1, -0.05) is 0 Å². The van der Waals surface area contributed by atoms with Crippen LogP contribution < -0.4 is 5.32 Å². The van der Waals surface area contributed by atoms with Crippen LogP contribution in [0.3, 0.4) is 0 Å². The predicted octanol–water partition coefficient (Wildman–Crippen LogP) is -0.674. The Morgan fingerprint density at radius 2 is 2.28 bits per heavy atom. The molecule has 0 spiro atoms. The average Bonchev–Trinajstić information content (AvgIpc) is 2.91. The first-order valence-electron chi connectivity index (χ1n) is 6.06. The lowest BCUT2D eigenvalue weighted by Crippen LogP contribution is -2.54. The number of nitrogens with one attached hydrogen (secondary N) is 1. The van der Waals surface area contributed by atoms with Gasteiger partial charge in [-0.3, -0.25) is 9.48 Å². The van der Waals surface area contributed by atoms with Gasteiger partial charge in [-0.15, -0.1) is 0 Å². The maximum atomic E-state index is 11.8. The van der Waals surface area contributed by atoms with Gasteiger partial charge in [0.1, 0.15) is 12.7 Å². The van der Waals surface area contributed by atoms with Crippen molar-refractivity contribution in [1.82, 2.24) is 20.1 Å². The van der Waals surface area contributed by atoms with Crippen LogP contribution in [0.2, 0.25) is 0 Å². The van der Waals surface area contributed by atoms with Gasteiger partial charge < -0.3 is 15.2 Å². The van der Waals surface area contributed by atoms with Crippen molar-refractivity contribution in [2.75, 3.05) is 19.8 Å². The molecule has 1 fully saturated rings. The molecule has 18 heavy (non-hydrogen) atoms. The summed E-state index contributed by atoms with van der Waals surface area (Å²) in [5.41, 5.74) is -0.516. The maximum Gasteiger partial charge on any atom is 0.222 e. The molecule has 0 atom stereocenters. The van der Waals surface area contributed by atoms with E-state index in [4.69, 9.17) is 4.74 Å². The van der Waals surface area contributed by atoms with Crippen molar-refractivity contribution < 1.29 is 14.6 Å². The highest BCUT2D eigenvalue weighted by atomic mass is 16.5. The number of amides is 1. The number of aliphatic hydroxyl groups is 1. The molecule has 7 heteroatoms. The first-order valence-corrected chi connectivity index (χ1v) is 6.06. The number of ether oxygens (including phenoxy) is 1. The van der Waals surface area contributed by atoms with Crippen molar-refractivity contribution in [3.05, 3.63) is 12.7 Å². The van der Waals surface area contributed by atoms with E-state index in [0.717, 1.165) is 0 Å². The average molecular weight is 254 g/mol. The molecule has 7 nitrogen and oxygen atoms in total. The van der Waals surface area contributed by atoms with Gasteiger partial charge in [0.2, 0.25) is 5.91 Å². The van der Waals surface area contributed by atoms with Crippen LogP contribution >= 0.6 is 0 Å². The summed E-state index contributed by atoms with van der Waals surface area (Å²) in [6.07, 6.45) is 4.64. The summed E-state index contributed by atoms with van der Waals surface area (Å²) in [6.45, 7) is 1.59. The van der Waals surface area contributed by atoms with Crippen molar-refractivity contribution in [3.8, 4) is 0 Å². The van der Waals surface area contributed by atoms with Crippen LogP contribution in [0.4, 0.5) is 0 Å². The summed E-state index contributed by atoms with van der Waals surface area (Å²) in [4.78, 5) is 15.7. The molecule has 0 aliphatic carbocycles. The highest BCUT2D eigenvalue weighted by molar-refractivity contribution is 5.76. The molecule has 2 N–H and O–H groups in total. The van der Waals surface area contributed by atoms with E-state index in [2.05, 4.69) is 15.4 Å². The van der Waals surface area contributed by atoms with Crippen molar-refractivity contribution in [2.45, 2.75) is 31.3 Å². The summed E-state index contributed by atoms with van der Waals surface area (Å²) in [7, 11) is 0. The number of aryl methyl sites for hydroxylation is 1. The number of carbonyl (C=O) groups is 1. The molecule has 1 saturated heterocycles. The summed E-state index contributed by atoms with van der Waals surface area (Å²) in [5.74, 6) is -0.0820. The quantitative estimate of drug-likeness (QED) is 0.727. The van der Waals surface area contributed by atoms with Crippen molar-refractivity contribution >= 4 is 5.91 Å². The van der Waals surface area contributed by atoms with E-state index >= 15 is 0 Å². The topological polar surface area (TPSA) is 89.3 Å². The highest BCUT2D eigenvalue weighted by Gasteiger charge is 2.33. The third-order valence-electron chi connectivity index (χ3n) is 3.19. The standard InChI is InChI=1S/C11H18N4O3/c16-7-11(2-5-18-6-3-11)14-10(17)1-4-15-9-12-8-13-15/h8-9,16H,1-7H2,(H,14,17). The highest BCUT2D eigenvalue weighted by Crippen LogP contribution is 2.20. The number of carbonyl (C=O) groups excluding carboxylic acids is 1. The van der Waals surface area contributed by atoms with E-state index in [-0.39, 0.29) is 12.5 Å². The van der Waals surface area contributed by atoms with Crippen molar-refractivity contribution in [1.29, 1.82) is 0 Å². The molecule has 1 aromatic heterocycles. The molecule has 2 heterocycles. The monoisotopic (exact) mass is 254 g/mol. The second-order valence-corrected chi connectivity index (χ2v) is 4.51. The van der Waals surface area contributed by atoms with Gasteiger partial charge in [0.15, 0.2) is 0 Å². The third kappa shape index (κ3) is 3.27. The lowest BCUT2D eigenvalue weighted by atomic mass is 9.91. The minimum absolute atomic E-state index is 0.0502. The van der Waals surface area contributed by atoms with E-state index in [1.165, 1.54) is 6.33 Å². The molecule has 0 unspecified atom stereocenters. The normalized spacial score (nSPS) is 18.5. The Hall–Kier alpha value is -1.47. The first kappa shape index (κ1) is 13.0. The van der Waals surface area contributed by atoms with Gasteiger partial charge in [-0.2, -0.15) is 5.10 Å². The van der Waals surface area contributed by atoms with E-state index in [9.17, 15) is 9.90 Å². The lowest BCUT2D eigenvalue weighted by molar-refractivity contribution is -0.125. The molecule has 0 aromatic carbocycles. The van der Waals surface area contributed by atoms with E-state index in [1.807, 2.05) is 0 Å². The van der Waals surface area contributed by atoms with E-state index in [0.29, 0.717) is 39.0 Å². The molecule has 0 radical (unpaired) electrons. The van der Waals surface area contributed by atoms with Crippen LogP contribution in [0.5, 0.6) is 0 Å². The van der Waals surface area contributed by atoms with Crippen LogP contribution in [-0.4, -0.2) is 51.1 Å². The molecule has 1 aliphatic heterocycles. The van der Waals surface area contributed by atoms with Gasteiger partial charge in [0.05, 0.1) is 18.7 Å². The Labute approximate surface area is 105 Å². The molecule has 0 bridgehead atoms. The van der Waals surface area contributed by atoms with Gasteiger partial charge in [-0.25, -0.2) is 4.98 Å². The zero-order chi connectivity index (χ0) is 12.8. The van der Waals surface area contributed by atoms with Crippen LogP contribution in [-0.2, 0) is 16.1 Å². The summed E-state index contributed by atoms with van der Waals surface area (Å²) in [5, 5.41) is 16.3. The number of rotatable bonds is 5. The third-order valence-corrected chi connectivity index (χ3v) is 3.19. The van der Waals surface area contributed by atoms with Gasteiger partial charge in [0.25, 0.3) is 0 Å². The number of nitrogens with zero attached hydrogens (tertiary/aromatic N) is 3. The molecule has 1 aliphatic rings. The Morgan fingerprint density at radius 1 is 1.50 bits per heavy atom. The van der Waals surface area contributed by atoms with Gasteiger partial charge in [-0.05, 0) is 12.8 Å². The molecule has 100 valence electrons. The minimum Gasteiger partial charge on any atom is -0.394 e. The van der Waals surface area contributed by atoms with Crippen molar-refractivity contribution in [2.24, 2.45) is 0 Å². The summed E-state index contributed by atoms with van der Waals surface area (Å²) in [6, 6.07) is 0. The fourth-order valence-electron chi connectivity index (χ4n) is 2.01. The van der Waals surface area contributed by atoms with Crippen LogP contribution in [0, 0.1) is 0 Å². The van der Waals surface area contributed by atoms with Crippen LogP contribution in [0.15, 0.2) is 12.7 Å². The maximum absolute atomic E-state index is 11.8. The second kappa shape index (κ2) is 5.92. The summed E-state index contributed by atoms with van der Waals surface area (Å²) < 4.78 is 6.85. The molecular formula is C11H18N4O3. The van der Waals surface area contributed by atoms with E-state index in [1.54, 1.807) is 11.0 Å². The Morgan fingerprint density at radius 3 is 2.89 bits per heavy atom. The van der Waals surface area contributed by atoms with E-state index < -0.39 is 5.54 Å². The minimum atomic E-state index is -0.516. The first-order chi connectivity index (χ1) is 8.74. The number of aromatic nitrogens is 3.